The third kappa shape index (κ3) is 0.641. The van der Waals surface area contributed by atoms with E-state index in [2.05, 4.69) is 4.99 Å². The molecule has 0 aromatic carbocycles. The first-order chi connectivity index (χ1) is 4.91. The molecule has 1 aliphatic rings. The van der Waals surface area contributed by atoms with Crippen LogP contribution in [-0.4, -0.2) is 30.3 Å². The maximum atomic E-state index is 10.6. The lowest BCUT2D eigenvalue weighted by Gasteiger charge is -2.05. The molecule has 0 radical (unpaired) electrons. The van der Waals surface area contributed by atoms with Crippen molar-refractivity contribution in [1.82, 2.24) is 4.90 Å². The van der Waals surface area contributed by atoms with Crippen LogP contribution in [0.25, 0.3) is 0 Å². The first-order valence-corrected chi connectivity index (χ1v) is 2.06. The monoisotopic (exact) mass is 117 g/mol. The molecule has 1 heterocycles. The van der Waals surface area contributed by atoms with Gasteiger partial charge in [-0.1, -0.05) is 0 Å². The van der Waals surface area contributed by atoms with Gasteiger partial charge in [0.25, 0.3) is 5.91 Å². The molecule has 44 valence electrons. The quantitative estimate of drug-likeness (QED) is 0.404. The molecule has 0 atom stereocenters. The average Bonchev–Trinajstić information content (AvgIpc) is 2.08. The second-order valence-electron chi connectivity index (χ2n) is 1.45. The summed E-state index contributed by atoms with van der Waals surface area (Å²) in [7, 11) is 0. The van der Waals surface area contributed by atoms with E-state index in [0.29, 0.717) is 0 Å². The highest BCUT2D eigenvalue weighted by molar-refractivity contribution is 5.99. The van der Waals surface area contributed by atoms with Crippen molar-refractivity contribution in [3.05, 3.63) is 0 Å². The Hall–Kier alpha value is -1.06. The van der Waals surface area contributed by atoms with Gasteiger partial charge in [0.2, 0.25) is 0 Å². The molecule has 0 aromatic rings. The zero-order chi connectivity index (χ0) is 8.65. The molecular formula is C4H7N3O. The predicted octanol–water partition coefficient (Wildman–Crippen LogP) is -1.23. The fourth-order valence-electron chi connectivity index (χ4n) is 0.440. The van der Waals surface area contributed by atoms with Crippen LogP contribution in [0.2, 0.25) is 0 Å². The molecule has 0 fully saturated rings. The van der Waals surface area contributed by atoms with E-state index >= 15 is 0 Å². The van der Waals surface area contributed by atoms with Crippen LogP contribution in [-0.2, 0) is 4.79 Å². The van der Waals surface area contributed by atoms with Gasteiger partial charge in [0.15, 0.2) is 5.96 Å². The van der Waals surface area contributed by atoms with Crippen molar-refractivity contribution >= 4 is 11.9 Å². The number of nitrogens with zero attached hydrogens (tertiary/aromatic N) is 2. The number of amides is 1. The zero-order valence-corrected chi connectivity index (χ0v) is 4.09. The molecule has 4 heteroatoms. The summed E-state index contributed by atoms with van der Waals surface area (Å²) in [6.07, 6.45) is 0. The van der Waals surface area contributed by atoms with E-state index in [-0.39, 0.29) is 12.5 Å². The van der Waals surface area contributed by atoms with Crippen LogP contribution in [0.1, 0.15) is 4.11 Å². The van der Waals surface area contributed by atoms with Crippen LogP contribution >= 0.6 is 0 Å². The molecule has 1 rings (SSSR count). The van der Waals surface area contributed by atoms with Crippen LogP contribution in [0.5, 0.6) is 0 Å². The van der Waals surface area contributed by atoms with Crippen molar-refractivity contribution in [1.29, 1.82) is 0 Å². The Labute approximate surface area is 51.2 Å². The molecule has 1 amide bonds. The molecule has 0 bridgehead atoms. The molecule has 0 saturated heterocycles. The van der Waals surface area contributed by atoms with Gasteiger partial charge < -0.3 is 10.6 Å². The SMILES string of the molecule is [2H][13C]([2H])([2H])N1CC(=O)N=C1N. The first kappa shape index (κ1) is 2.48. The second kappa shape index (κ2) is 1.47. The Morgan fingerprint density at radius 2 is 2.88 bits per heavy atom. The summed E-state index contributed by atoms with van der Waals surface area (Å²) in [6, 6.07) is 0. The highest BCUT2D eigenvalue weighted by Gasteiger charge is 2.15. The molecule has 0 unspecified atom stereocenters. The lowest BCUT2D eigenvalue weighted by molar-refractivity contribution is -0.116. The Bertz CT molecular complexity index is 221. The van der Waals surface area contributed by atoms with Crippen LogP contribution < -0.4 is 5.73 Å². The lowest BCUT2D eigenvalue weighted by atomic mass is 10.6. The predicted molar refractivity (Wildman–Crippen MR) is 29.3 cm³/mol. The highest BCUT2D eigenvalue weighted by atomic mass is 16.2. The largest absolute Gasteiger partial charge is 0.369 e. The van der Waals surface area contributed by atoms with E-state index in [0.717, 1.165) is 4.90 Å². The van der Waals surface area contributed by atoms with Crippen LogP contribution in [0, 0.1) is 0 Å². The second-order valence-corrected chi connectivity index (χ2v) is 1.45. The molecule has 0 aliphatic carbocycles. The number of hydrogen-bond donors (Lipinski definition) is 1. The van der Waals surface area contributed by atoms with E-state index in [4.69, 9.17) is 9.85 Å². The minimum Gasteiger partial charge on any atom is -0.369 e. The molecule has 1 aliphatic heterocycles. The molecule has 8 heavy (non-hydrogen) atoms. The number of rotatable bonds is 0. The molecular weight excluding hydrogens is 107 g/mol. The maximum Gasteiger partial charge on any atom is 0.268 e. The van der Waals surface area contributed by atoms with Crippen molar-refractivity contribution in [2.45, 2.75) is 0 Å². The van der Waals surface area contributed by atoms with E-state index in [1.165, 1.54) is 0 Å². The summed E-state index contributed by atoms with van der Waals surface area (Å²) < 4.78 is 20.7. The normalized spacial score (nSPS) is 26.5. The van der Waals surface area contributed by atoms with Crippen LogP contribution in [0.3, 0.4) is 0 Å². The minimum absolute atomic E-state index is 0.227. The Balaban J connectivity index is 2.80. The third-order valence-corrected chi connectivity index (χ3v) is 0.809. The lowest BCUT2D eigenvalue weighted by Crippen LogP contribution is -2.29. The van der Waals surface area contributed by atoms with Crippen molar-refractivity contribution in [2.24, 2.45) is 10.7 Å². The van der Waals surface area contributed by atoms with Gasteiger partial charge >= 0.3 is 0 Å². The highest BCUT2D eigenvalue weighted by Crippen LogP contribution is 1.92. The van der Waals surface area contributed by atoms with E-state index in [1.54, 1.807) is 0 Å². The fourth-order valence-corrected chi connectivity index (χ4v) is 0.440. The number of nitrogens with two attached hydrogens (primary N) is 1. The topological polar surface area (TPSA) is 58.7 Å². The van der Waals surface area contributed by atoms with Crippen LogP contribution in [0.4, 0.5) is 0 Å². The van der Waals surface area contributed by atoms with E-state index in [9.17, 15) is 4.79 Å². The van der Waals surface area contributed by atoms with Gasteiger partial charge in [-0.15, -0.1) is 0 Å². The van der Waals surface area contributed by atoms with Crippen molar-refractivity contribution in [3.63, 3.8) is 0 Å². The summed E-state index contributed by atoms with van der Waals surface area (Å²) in [6.45, 7) is -2.61. The number of carbonyl (C=O) groups is 1. The smallest absolute Gasteiger partial charge is 0.268 e. The maximum absolute atomic E-state index is 10.6. The van der Waals surface area contributed by atoms with Crippen LogP contribution in [0.15, 0.2) is 4.99 Å². The van der Waals surface area contributed by atoms with Gasteiger partial charge in [-0.25, -0.2) is 0 Å². The Morgan fingerprint density at radius 1 is 2.12 bits per heavy atom. The number of aliphatic imine (C=N–C) groups is 1. The summed E-state index contributed by atoms with van der Waals surface area (Å²) in [5, 5.41) is 0. The average molecular weight is 117 g/mol. The fraction of sp³-hybridized carbons (Fsp3) is 0.500. The van der Waals surface area contributed by atoms with Gasteiger partial charge in [-0.2, -0.15) is 4.99 Å². The number of likely N-dealkylation sites (N-methyl/N-ethyl adjacent to an activating group) is 1. The van der Waals surface area contributed by atoms with Gasteiger partial charge in [-0.3, -0.25) is 4.79 Å². The summed E-state index contributed by atoms with van der Waals surface area (Å²) in [4.78, 5) is 14.6. The van der Waals surface area contributed by atoms with Crippen molar-refractivity contribution in [2.75, 3.05) is 13.5 Å². The number of carbonyl (C=O) groups excluding carboxylic acids is 1. The molecule has 4 nitrogen and oxygen atoms in total. The number of guanidine groups is 1. The molecule has 0 spiro atoms. The zero-order valence-electron chi connectivity index (χ0n) is 7.09. The van der Waals surface area contributed by atoms with Gasteiger partial charge in [0.05, 0.1) is 0 Å². The summed E-state index contributed by atoms with van der Waals surface area (Å²) >= 11 is 0. The van der Waals surface area contributed by atoms with Gasteiger partial charge in [-0.05, 0) is 0 Å². The van der Waals surface area contributed by atoms with Gasteiger partial charge in [0.1, 0.15) is 6.54 Å². The minimum atomic E-state index is -2.36. The first-order valence-electron chi connectivity index (χ1n) is 3.56. The Morgan fingerprint density at radius 3 is 3.12 bits per heavy atom. The van der Waals surface area contributed by atoms with Crippen molar-refractivity contribution < 1.29 is 8.91 Å². The summed E-state index contributed by atoms with van der Waals surface area (Å²) in [5.74, 6) is -0.742. The molecule has 2 N–H and O–H groups in total. The van der Waals surface area contributed by atoms with Crippen molar-refractivity contribution in [3.8, 4) is 0 Å². The standard InChI is InChI=1S/C4H7N3O/c1-7-2-3(8)6-4(7)5/h2H2,1H3,(H2,5,6,8)/i1+1D3. The third-order valence-electron chi connectivity index (χ3n) is 0.809. The van der Waals surface area contributed by atoms with Gasteiger partial charge in [0, 0.05) is 11.1 Å². The Kier molecular flexibility index (Phi) is 0.455. The summed E-state index contributed by atoms with van der Waals surface area (Å²) in [5.41, 5.74) is 5.15. The van der Waals surface area contributed by atoms with E-state index < -0.39 is 12.9 Å². The molecule has 0 saturated carbocycles. The van der Waals surface area contributed by atoms with E-state index in [1.807, 2.05) is 0 Å². The number of hydrogen-bond acceptors (Lipinski definition) is 3. The molecule has 0 aromatic heterocycles.